The maximum atomic E-state index is 13.1. The van der Waals surface area contributed by atoms with Crippen LogP contribution < -0.4 is 11.3 Å². The smallest absolute Gasteiger partial charge is 0.141 e. The fourth-order valence-corrected chi connectivity index (χ4v) is 2.98. The molecule has 2 rings (SSSR count). The monoisotopic (exact) mass is 328 g/mol. The summed E-state index contributed by atoms with van der Waals surface area (Å²) in [6, 6.07) is 10.9. The highest BCUT2D eigenvalue weighted by atomic mass is 35.5. The van der Waals surface area contributed by atoms with Crippen LogP contribution in [0.1, 0.15) is 5.56 Å². The zero-order valence-electron chi connectivity index (χ0n) is 11.2. The van der Waals surface area contributed by atoms with Gasteiger partial charge in [-0.25, -0.2) is 8.78 Å². The van der Waals surface area contributed by atoms with Crippen molar-refractivity contribution < 1.29 is 8.78 Å². The Bertz CT molecular complexity index is 593. The maximum absolute atomic E-state index is 13.1. The molecule has 0 aromatic heterocycles. The quantitative estimate of drug-likeness (QED) is 0.481. The second kappa shape index (κ2) is 7.75. The molecule has 0 aliphatic rings. The number of nitrogens with two attached hydrogens (primary N) is 1. The van der Waals surface area contributed by atoms with Crippen LogP contribution in [0, 0.1) is 11.6 Å². The summed E-state index contributed by atoms with van der Waals surface area (Å²) in [5.74, 6) is 5.56. The maximum Gasteiger partial charge on any atom is 0.141 e. The molecule has 0 radical (unpaired) electrons. The van der Waals surface area contributed by atoms with E-state index in [4.69, 9.17) is 17.4 Å². The van der Waals surface area contributed by atoms with E-state index in [9.17, 15) is 8.78 Å². The minimum absolute atomic E-state index is 0.00146. The van der Waals surface area contributed by atoms with Crippen molar-refractivity contribution in [3.8, 4) is 0 Å². The van der Waals surface area contributed by atoms with Crippen molar-refractivity contribution in [1.82, 2.24) is 5.43 Å². The molecule has 2 aromatic rings. The van der Waals surface area contributed by atoms with Gasteiger partial charge in [0.15, 0.2) is 0 Å². The van der Waals surface area contributed by atoms with Gasteiger partial charge in [-0.2, -0.15) is 0 Å². The number of hydrogen-bond donors (Lipinski definition) is 2. The largest absolute Gasteiger partial charge is 0.271 e. The average Bonchev–Trinajstić information content (AvgIpc) is 2.49. The van der Waals surface area contributed by atoms with Gasteiger partial charge in [-0.3, -0.25) is 11.3 Å². The second-order valence-electron chi connectivity index (χ2n) is 4.58. The van der Waals surface area contributed by atoms with Gasteiger partial charge >= 0.3 is 0 Å². The van der Waals surface area contributed by atoms with E-state index in [1.54, 1.807) is 36.0 Å². The molecule has 112 valence electrons. The van der Waals surface area contributed by atoms with Gasteiger partial charge in [-0.1, -0.05) is 17.7 Å². The Hall–Kier alpha value is -1.14. The first-order chi connectivity index (χ1) is 10.1. The summed E-state index contributed by atoms with van der Waals surface area (Å²) in [5.41, 5.74) is 3.64. The van der Waals surface area contributed by atoms with Crippen molar-refractivity contribution in [1.29, 1.82) is 0 Å². The molecule has 0 amide bonds. The van der Waals surface area contributed by atoms with Crippen LogP contribution in [0.4, 0.5) is 8.78 Å². The third-order valence-corrected chi connectivity index (χ3v) is 4.43. The van der Waals surface area contributed by atoms with Gasteiger partial charge in [-0.05, 0) is 48.4 Å². The molecule has 1 unspecified atom stereocenters. The molecule has 2 nitrogen and oxygen atoms in total. The number of thioether (sulfide) groups is 1. The summed E-state index contributed by atoms with van der Waals surface area (Å²) in [4.78, 5) is 0.966. The molecule has 21 heavy (non-hydrogen) atoms. The Kier molecular flexibility index (Phi) is 5.99. The van der Waals surface area contributed by atoms with Gasteiger partial charge in [0.1, 0.15) is 11.6 Å². The molecule has 0 bridgehead atoms. The van der Waals surface area contributed by atoms with Crippen molar-refractivity contribution in [2.75, 3.05) is 5.75 Å². The van der Waals surface area contributed by atoms with E-state index in [2.05, 4.69) is 5.43 Å². The Morgan fingerprint density at radius 1 is 1.14 bits per heavy atom. The standard InChI is InChI=1S/C15H15ClF2N2S/c16-14-8-10(1-6-15(14)18)7-12(20-19)9-21-13-4-2-11(17)3-5-13/h1-6,8,12,20H,7,9,19H2. The van der Waals surface area contributed by atoms with Crippen LogP contribution in [0.25, 0.3) is 0 Å². The summed E-state index contributed by atoms with van der Waals surface area (Å²) in [6.07, 6.45) is 0.630. The molecule has 0 saturated heterocycles. The predicted molar refractivity (Wildman–Crippen MR) is 83.3 cm³/mol. The first-order valence-electron chi connectivity index (χ1n) is 6.37. The second-order valence-corrected chi connectivity index (χ2v) is 6.08. The molecule has 0 spiro atoms. The van der Waals surface area contributed by atoms with Gasteiger partial charge in [0.25, 0.3) is 0 Å². The van der Waals surface area contributed by atoms with E-state index in [0.717, 1.165) is 10.5 Å². The van der Waals surface area contributed by atoms with E-state index in [0.29, 0.717) is 12.2 Å². The lowest BCUT2D eigenvalue weighted by Crippen LogP contribution is -2.38. The average molecular weight is 329 g/mol. The van der Waals surface area contributed by atoms with Crippen molar-refractivity contribution in [3.63, 3.8) is 0 Å². The fourth-order valence-electron chi connectivity index (χ4n) is 1.84. The van der Waals surface area contributed by atoms with E-state index in [1.165, 1.54) is 18.2 Å². The van der Waals surface area contributed by atoms with Crippen molar-refractivity contribution in [2.45, 2.75) is 17.4 Å². The minimum atomic E-state index is -0.432. The van der Waals surface area contributed by atoms with Crippen molar-refractivity contribution >= 4 is 23.4 Å². The summed E-state index contributed by atoms with van der Waals surface area (Å²) in [5, 5.41) is 0.106. The molecule has 0 saturated carbocycles. The predicted octanol–water partition coefficient (Wildman–Crippen LogP) is 3.78. The van der Waals surface area contributed by atoms with Crippen molar-refractivity contribution in [2.24, 2.45) is 5.84 Å². The van der Waals surface area contributed by atoms with Crippen LogP contribution in [0.15, 0.2) is 47.4 Å². The highest BCUT2D eigenvalue weighted by molar-refractivity contribution is 7.99. The molecule has 2 aromatic carbocycles. The summed E-state index contributed by atoms with van der Waals surface area (Å²) in [6.45, 7) is 0. The Balaban J connectivity index is 1.93. The topological polar surface area (TPSA) is 38.0 Å². The molecular formula is C15H15ClF2N2S. The number of hydrogen-bond acceptors (Lipinski definition) is 3. The van der Waals surface area contributed by atoms with E-state index >= 15 is 0 Å². The zero-order valence-corrected chi connectivity index (χ0v) is 12.7. The molecule has 6 heteroatoms. The number of halogens is 3. The van der Waals surface area contributed by atoms with Crippen molar-refractivity contribution in [3.05, 3.63) is 64.7 Å². The van der Waals surface area contributed by atoms with Crippen LogP contribution in [0.2, 0.25) is 5.02 Å². The van der Waals surface area contributed by atoms with Crippen LogP contribution in [0.3, 0.4) is 0 Å². The molecule has 0 aliphatic heterocycles. The summed E-state index contributed by atoms with van der Waals surface area (Å²) < 4.78 is 25.9. The molecule has 3 N–H and O–H groups in total. The molecule has 0 heterocycles. The normalized spacial score (nSPS) is 12.4. The van der Waals surface area contributed by atoms with Gasteiger partial charge in [0.05, 0.1) is 5.02 Å². The number of benzene rings is 2. The van der Waals surface area contributed by atoms with E-state index in [1.807, 2.05) is 0 Å². The van der Waals surface area contributed by atoms with Gasteiger partial charge in [0, 0.05) is 16.7 Å². The van der Waals surface area contributed by atoms with Gasteiger partial charge < -0.3 is 0 Å². The third kappa shape index (κ3) is 4.97. The van der Waals surface area contributed by atoms with Crippen LogP contribution >= 0.6 is 23.4 Å². The van der Waals surface area contributed by atoms with E-state index in [-0.39, 0.29) is 16.9 Å². The lowest BCUT2D eigenvalue weighted by atomic mass is 10.1. The first kappa shape index (κ1) is 16.2. The third-order valence-electron chi connectivity index (χ3n) is 2.97. The van der Waals surface area contributed by atoms with Crippen LogP contribution in [-0.2, 0) is 6.42 Å². The zero-order chi connectivity index (χ0) is 15.2. The molecular weight excluding hydrogens is 314 g/mol. The number of nitrogens with one attached hydrogen (secondary N) is 1. The first-order valence-corrected chi connectivity index (χ1v) is 7.73. The highest BCUT2D eigenvalue weighted by Gasteiger charge is 2.10. The summed E-state index contributed by atoms with van der Waals surface area (Å²) in [7, 11) is 0. The molecule has 0 fully saturated rings. The van der Waals surface area contributed by atoms with Gasteiger partial charge in [-0.15, -0.1) is 11.8 Å². The number of hydrazine groups is 1. The SMILES string of the molecule is NNC(CSc1ccc(F)cc1)Cc1ccc(F)c(Cl)c1. The van der Waals surface area contributed by atoms with Crippen LogP contribution in [0.5, 0.6) is 0 Å². The number of rotatable bonds is 6. The molecule has 1 atom stereocenters. The lowest BCUT2D eigenvalue weighted by Gasteiger charge is -2.16. The fraction of sp³-hybridized carbons (Fsp3) is 0.200. The Labute approximate surface area is 131 Å². The molecule has 0 aliphatic carbocycles. The minimum Gasteiger partial charge on any atom is -0.271 e. The van der Waals surface area contributed by atoms with E-state index < -0.39 is 5.82 Å². The van der Waals surface area contributed by atoms with Crippen LogP contribution in [-0.4, -0.2) is 11.8 Å². The lowest BCUT2D eigenvalue weighted by molar-refractivity contribution is 0.573. The highest BCUT2D eigenvalue weighted by Crippen LogP contribution is 2.21. The Morgan fingerprint density at radius 3 is 2.48 bits per heavy atom. The Morgan fingerprint density at radius 2 is 1.86 bits per heavy atom. The summed E-state index contributed by atoms with van der Waals surface area (Å²) >= 11 is 7.33. The van der Waals surface area contributed by atoms with Gasteiger partial charge in [0.2, 0.25) is 0 Å².